The van der Waals surface area contributed by atoms with Crippen LogP contribution in [0.4, 0.5) is 10.2 Å². The molecule has 0 atom stereocenters. The fourth-order valence-corrected chi connectivity index (χ4v) is 2.92. The lowest BCUT2D eigenvalue weighted by molar-refractivity contribution is -0.389. The fraction of sp³-hybridized carbons (Fsp3) is 0.333. The molecule has 0 spiro atoms. The van der Waals surface area contributed by atoms with E-state index in [0.717, 1.165) is 5.56 Å². The van der Waals surface area contributed by atoms with Crippen molar-refractivity contribution in [3.63, 3.8) is 0 Å². The van der Waals surface area contributed by atoms with Crippen LogP contribution in [0.2, 0.25) is 5.02 Å². The monoisotopic (exact) mass is 367 g/mol. The van der Waals surface area contributed by atoms with Crippen LogP contribution >= 0.6 is 11.6 Å². The minimum atomic E-state index is -0.716. The van der Waals surface area contributed by atoms with Gasteiger partial charge in [-0.15, -0.1) is 5.10 Å². The van der Waals surface area contributed by atoms with Gasteiger partial charge in [0.15, 0.2) is 10.7 Å². The van der Waals surface area contributed by atoms with Gasteiger partial charge in [-0.2, -0.15) is 0 Å². The summed E-state index contributed by atoms with van der Waals surface area (Å²) < 4.78 is 12.9. The van der Waals surface area contributed by atoms with Gasteiger partial charge in [0, 0.05) is 32.7 Å². The Morgan fingerprint density at radius 1 is 1.28 bits per heavy atom. The first-order valence-electron chi connectivity index (χ1n) is 7.60. The van der Waals surface area contributed by atoms with Crippen molar-refractivity contribution in [2.45, 2.75) is 6.54 Å². The Bertz CT molecular complexity index is 787. The number of carbonyl (C=O) groups is 1. The van der Waals surface area contributed by atoms with Crippen LogP contribution in [-0.4, -0.2) is 57.0 Å². The van der Waals surface area contributed by atoms with Gasteiger partial charge in [-0.25, -0.2) is 4.39 Å². The second-order valence-electron chi connectivity index (χ2n) is 5.69. The van der Waals surface area contributed by atoms with Crippen molar-refractivity contribution >= 4 is 23.3 Å². The van der Waals surface area contributed by atoms with E-state index in [0.29, 0.717) is 32.7 Å². The molecule has 0 aliphatic carbocycles. The van der Waals surface area contributed by atoms with Crippen molar-refractivity contribution in [2.24, 2.45) is 0 Å². The normalized spacial score (nSPS) is 15.4. The maximum Gasteiger partial charge on any atom is 0.362 e. The molecule has 8 nitrogen and oxygen atoms in total. The number of rotatable bonds is 4. The summed E-state index contributed by atoms with van der Waals surface area (Å²) in [7, 11) is 0. The van der Waals surface area contributed by atoms with Crippen LogP contribution in [0.3, 0.4) is 0 Å². The Morgan fingerprint density at radius 2 is 1.92 bits per heavy atom. The van der Waals surface area contributed by atoms with Gasteiger partial charge in [0.25, 0.3) is 5.91 Å². The quantitative estimate of drug-likeness (QED) is 0.659. The van der Waals surface area contributed by atoms with Gasteiger partial charge in [-0.05, 0) is 22.6 Å². The molecule has 0 bridgehead atoms. The summed E-state index contributed by atoms with van der Waals surface area (Å²) in [5, 5.41) is 16.3. The number of amides is 1. The van der Waals surface area contributed by atoms with Crippen LogP contribution in [0, 0.1) is 15.9 Å². The molecule has 2 heterocycles. The highest BCUT2D eigenvalue weighted by atomic mass is 35.5. The van der Waals surface area contributed by atoms with E-state index in [9.17, 15) is 19.3 Å². The van der Waals surface area contributed by atoms with Crippen LogP contribution in [0.5, 0.6) is 0 Å². The molecule has 2 aromatic rings. The third-order valence-corrected chi connectivity index (χ3v) is 4.41. The first-order chi connectivity index (χ1) is 12.0. The van der Waals surface area contributed by atoms with Gasteiger partial charge in [0.1, 0.15) is 5.82 Å². The Morgan fingerprint density at radius 3 is 2.48 bits per heavy atom. The molecule has 1 aromatic heterocycles. The van der Waals surface area contributed by atoms with E-state index in [-0.39, 0.29) is 16.5 Å². The van der Waals surface area contributed by atoms with E-state index in [1.807, 2.05) is 0 Å². The minimum Gasteiger partial charge on any atom is -0.358 e. The summed E-state index contributed by atoms with van der Waals surface area (Å²) in [5.41, 5.74) is 0.854. The molecule has 132 valence electrons. The number of aromatic nitrogens is 2. The maximum atomic E-state index is 12.9. The number of nitrogens with zero attached hydrogens (tertiary/aromatic N) is 4. The highest BCUT2D eigenvalue weighted by Crippen LogP contribution is 2.26. The topological polar surface area (TPSA) is 95.4 Å². The van der Waals surface area contributed by atoms with Crippen LogP contribution in [0.1, 0.15) is 16.1 Å². The lowest BCUT2D eigenvalue weighted by Crippen LogP contribution is -2.48. The second kappa shape index (κ2) is 7.16. The number of nitrogens with one attached hydrogen (secondary N) is 1. The third kappa shape index (κ3) is 3.77. The number of benzene rings is 1. The van der Waals surface area contributed by atoms with Crippen LogP contribution in [0.15, 0.2) is 24.3 Å². The molecule has 1 saturated heterocycles. The average molecular weight is 368 g/mol. The molecular formula is C15H15ClFN5O3. The van der Waals surface area contributed by atoms with Gasteiger partial charge in [0.05, 0.1) is 0 Å². The Labute approximate surface area is 147 Å². The number of halogens is 2. The molecule has 25 heavy (non-hydrogen) atoms. The molecule has 10 heteroatoms. The summed E-state index contributed by atoms with van der Waals surface area (Å²) in [6.45, 7) is 2.84. The predicted molar refractivity (Wildman–Crippen MR) is 87.8 cm³/mol. The summed E-state index contributed by atoms with van der Waals surface area (Å²) >= 11 is 5.86. The Balaban J connectivity index is 1.59. The summed E-state index contributed by atoms with van der Waals surface area (Å²) in [6, 6.07) is 6.30. The molecule has 1 amide bonds. The van der Waals surface area contributed by atoms with E-state index >= 15 is 0 Å². The van der Waals surface area contributed by atoms with Crippen LogP contribution in [0.25, 0.3) is 0 Å². The fourth-order valence-electron chi connectivity index (χ4n) is 2.69. The Kier molecular flexibility index (Phi) is 4.95. The van der Waals surface area contributed by atoms with Crippen molar-refractivity contribution in [1.29, 1.82) is 0 Å². The smallest absolute Gasteiger partial charge is 0.358 e. The van der Waals surface area contributed by atoms with Gasteiger partial charge < -0.3 is 15.0 Å². The molecule has 0 unspecified atom stereocenters. The zero-order valence-electron chi connectivity index (χ0n) is 13.1. The number of hydrogen-bond donors (Lipinski definition) is 1. The van der Waals surface area contributed by atoms with E-state index < -0.39 is 16.6 Å². The van der Waals surface area contributed by atoms with E-state index in [1.54, 1.807) is 17.0 Å². The predicted octanol–water partition coefficient (Wildman–Crippen LogP) is 2.07. The van der Waals surface area contributed by atoms with E-state index in [4.69, 9.17) is 11.6 Å². The molecule has 3 rings (SSSR count). The zero-order valence-corrected chi connectivity index (χ0v) is 13.9. The molecule has 1 aliphatic heterocycles. The SMILES string of the molecule is O=C(c1n[nH]c([N+](=O)[O-])c1Cl)N1CCN(Cc2ccc(F)cc2)CC1. The van der Waals surface area contributed by atoms with E-state index in [1.165, 1.54) is 12.1 Å². The number of piperazine rings is 1. The van der Waals surface area contributed by atoms with Crippen molar-refractivity contribution < 1.29 is 14.1 Å². The molecule has 0 radical (unpaired) electrons. The largest absolute Gasteiger partial charge is 0.362 e. The van der Waals surface area contributed by atoms with Crippen molar-refractivity contribution in [3.05, 3.63) is 56.5 Å². The first-order valence-corrected chi connectivity index (χ1v) is 7.98. The zero-order chi connectivity index (χ0) is 18.0. The van der Waals surface area contributed by atoms with Crippen molar-refractivity contribution in [3.8, 4) is 0 Å². The minimum absolute atomic E-state index is 0.139. The molecule has 1 aromatic carbocycles. The number of aromatic amines is 1. The van der Waals surface area contributed by atoms with Gasteiger partial charge in [-0.3, -0.25) is 9.69 Å². The highest BCUT2D eigenvalue weighted by molar-refractivity contribution is 6.35. The van der Waals surface area contributed by atoms with Gasteiger partial charge in [0.2, 0.25) is 0 Å². The average Bonchev–Trinajstić information content (AvgIpc) is 2.99. The molecule has 0 saturated carbocycles. The molecule has 1 aliphatic rings. The number of carbonyl (C=O) groups excluding carboxylic acids is 1. The van der Waals surface area contributed by atoms with Crippen LogP contribution in [-0.2, 0) is 6.54 Å². The third-order valence-electron chi connectivity index (χ3n) is 4.05. The maximum absolute atomic E-state index is 12.9. The standard InChI is InChI=1S/C15H15ClFN5O3/c16-12-13(18-19-14(12)22(24)25)15(23)21-7-5-20(6-8-21)9-10-1-3-11(17)4-2-10/h1-4H,5-9H2,(H,18,19). The van der Waals surface area contributed by atoms with Gasteiger partial charge >= 0.3 is 5.82 Å². The summed E-state index contributed by atoms with van der Waals surface area (Å²) in [6.07, 6.45) is 0. The van der Waals surface area contributed by atoms with Crippen molar-refractivity contribution in [1.82, 2.24) is 20.0 Å². The highest BCUT2D eigenvalue weighted by Gasteiger charge is 2.30. The van der Waals surface area contributed by atoms with E-state index in [2.05, 4.69) is 15.1 Å². The van der Waals surface area contributed by atoms with Crippen LogP contribution < -0.4 is 0 Å². The lowest BCUT2D eigenvalue weighted by Gasteiger charge is -2.34. The van der Waals surface area contributed by atoms with Crippen molar-refractivity contribution in [2.75, 3.05) is 26.2 Å². The molecule has 1 fully saturated rings. The van der Waals surface area contributed by atoms with Gasteiger partial charge in [-0.1, -0.05) is 28.8 Å². The number of hydrogen-bond acceptors (Lipinski definition) is 5. The first kappa shape index (κ1) is 17.3. The lowest BCUT2D eigenvalue weighted by atomic mass is 10.2. The summed E-state index contributed by atoms with van der Waals surface area (Å²) in [5.74, 6) is -1.19. The summed E-state index contributed by atoms with van der Waals surface area (Å²) in [4.78, 5) is 26.2. The number of nitro groups is 1. The molecule has 1 N–H and O–H groups in total. The molecular weight excluding hydrogens is 353 g/mol. The second-order valence-corrected chi connectivity index (χ2v) is 6.06. The Hall–Kier alpha value is -2.52. The number of H-pyrrole nitrogens is 1.